The monoisotopic (exact) mass is 1010 g/mol. The van der Waals surface area contributed by atoms with Crippen LogP contribution in [-0.4, -0.2) is 87.5 Å². The van der Waals surface area contributed by atoms with Crippen molar-refractivity contribution in [3.63, 3.8) is 0 Å². The number of nitrogens with one attached hydrogen (secondary N) is 1. The molecule has 0 aromatic carbocycles. The summed E-state index contributed by atoms with van der Waals surface area (Å²) < 4.78 is 11.2. The molecule has 1 fully saturated rings. The summed E-state index contributed by atoms with van der Waals surface area (Å²) in [5, 5.41) is 54.5. The van der Waals surface area contributed by atoms with E-state index in [-0.39, 0.29) is 12.5 Å². The van der Waals surface area contributed by atoms with Gasteiger partial charge in [-0.15, -0.1) is 0 Å². The quantitative estimate of drug-likeness (QED) is 0.0261. The van der Waals surface area contributed by atoms with Crippen molar-refractivity contribution in [2.24, 2.45) is 0 Å². The Morgan fingerprint density at radius 3 is 1.33 bits per heavy atom. The van der Waals surface area contributed by atoms with Gasteiger partial charge in [-0.25, -0.2) is 0 Å². The third-order valence-corrected chi connectivity index (χ3v) is 13.1. The largest absolute Gasteiger partial charge is 0.394 e. The predicted molar refractivity (Wildman–Crippen MR) is 304 cm³/mol. The standard InChI is InChI=1S/C63H107NO8/c1-3-5-7-9-11-13-15-17-19-21-23-25-27-28-29-31-32-34-36-38-40-42-44-46-48-50-52-57(66)56(55-71-63-62(70)61(69)60(68)58(54-65)72-63)64-59(67)53-51-49-47-45-43-41-39-37-35-33-30-26-24-22-20-18-16-14-12-10-8-6-4-2/h6,8,12,14,18,20,24,26,33-36,39,41-42,44,50,52,56-58,60-63,65-66,68-70H,3-5,7,9-11,13,15-17,19,21-23,25,27-32,37-38,40,43,45-49,51,53-55H2,1-2H3,(H,64,67)/b8-6-,14-12-,20-18-,26-24-,35-33-,36-34+,41-39-,44-42+,52-50+. The molecule has 1 aliphatic heterocycles. The average Bonchev–Trinajstić information content (AvgIpc) is 3.38. The molecule has 7 atom stereocenters. The lowest BCUT2D eigenvalue weighted by molar-refractivity contribution is -0.302. The molecule has 0 aromatic rings. The van der Waals surface area contributed by atoms with E-state index in [4.69, 9.17) is 9.47 Å². The zero-order chi connectivity index (χ0) is 52.2. The van der Waals surface area contributed by atoms with Gasteiger partial charge in [0, 0.05) is 6.42 Å². The Kier molecular flexibility index (Phi) is 47.7. The molecule has 0 spiro atoms. The van der Waals surface area contributed by atoms with E-state index in [1.807, 2.05) is 6.08 Å². The van der Waals surface area contributed by atoms with Crippen LogP contribution in [0.5, 0.6) is 0 Å². The van der Waals surface area contributed by atoms with Gasteiger partial charge < -0.3 is 40.3 Å². The third-order valence-electron chi connectivity index (χ3n) is 13.1. The third kappa shape index (κ3) is 40.3. The topological polar surface area (TPSA) is 149 Å². The number of hydrogen-bond acceptors (Lipinski definition) is 8. The molecule has 0 aromatic heterocycles. The average molecular weight is 1010 g/mol. The fraction of sp³-hybridized carbons (Fsp3) is 0.698. The van der Waals surface area contributed by atoms with Crippen LogP contribution in [0.1, 0.15) is 226 Å². The first-order valence-electron chi connectivity index (χ1n) is 29.1. The highest BCUT2D eigenvalue weighted by Gasteiger charge is 2.44. The van der Waals surface area contributed by atoms with Gasteiger partial charge in [0.2, 0.25) is 5.91 Å². The van der Waals surface area contributed by atoms with E-state index in [1.165, 1.54) is 103 Å². The fourth-order valence-electron chi connectivity index (χ4n) is 8.49. The lowest BCUT2D eigenvalue weighted by Gasteiger charge is -2.40. The second kappa shape index (κ2) is 51.3. The number of ether oxygens (including phenoxy) is 2. The summed E-state index contributed by atoms with van der Waals surface area (Å²) in [6, 6.07) is -0.851. The molecule has 0 aliphatic carbocycles. The highest BCUT2D eigenvalue weighted by Crippen LogP contribution is 2.23. The van der Waals surface area contributed by atoms with Crippen molar-refractivity contribution in [3.8, 4) is 0 Å². The Bertz CT molecular complexity index is 1490. The van der Waals surface area contributed by atoms with Gasteiger partial charge in [0.15, 0.2) is 6.29 Å². The Labute approximate surface area is 440 Å². The molecule has 9 nitrogen and oxygen atoms in total. The van der Waals surface area contributed by atoms with Crippen LogP contribution >= 0.6 is 0 Å². The highest BCUT2D eigenvalue weighted by atomic mass is 16.7. The van der Waals surface area contributed by atoms with Crippen LogP contribution in [-0.2, 0) is 14.3 Å². The molecular formula is C63H107NO8. The number of rotatable bonds is 48. The zero-order valence-electron chi connectivity index (χ0n) is 45.6. The number of unbranched alkanes of at least 4 members (excludes halogenated alkanes) is 22. The molecule has 1 amide bonds. The number of carbonyl (C=O) groups excluding carboxylic acids is 1. The van der Waals surface area contributed by atoms with Crippen molar-refractivity contribution in [2.75, 3.05) is 13.2 Å². The molecule has 1 saturated heterocycles. The van der Waals surface area contributed by atoms with Crippen LogP contribution in [0.4, 0.5) is 0 Å². The lowest BCUT2D eigenvalue weighted by atomic mass is 9.99. The van der Waals surface area contributed by atoms with Gasteiger partial charge >= 0.3 is 0 Å². The summed E-state index contributed by atoms with van der Waals surface area (Å²) in [5.41, 5.74) is 0. The van der Waals surface area contributed by atoms with Gasteiger partial charge in [-0.3, -0.25) is 4.79 Å². The van der Waals surface area contributed by atoms with Crippen molar-refractivity contribution in [3.05, 3.63) is 109 Å². The normalized spacial score (nSPS) is 20.0. The maximum absolute atomic E-state index is 13.0. The van der Waals surface area contributed by atoms with Crippen molar-refractivity contribution >= 4 is 5.91 Å². The van der Waals surface area contributed by atoms with E-state index in [1.54, 1.807) is 6.08 Å². The van der Waals surface area contributed by atoms with E-state index in [9.17, 15) is 30.3 Å². The van der Waals surface area contributed by atoms with Crippen LogP contribution < -0.4 is 5.32 Å². The summed E-state index contributed by atoms with van der Waals surface area (Å²) in [7, 11) is 0. The SMILES string of the molecule is CC/C=C\C/C=C\C/C=C\C/C=C\C/C=C\C/C=C\CCCCCCC(=O)NC(COC1OC(CO)C(O)C(O)C1O)C(O)/C=C/CC/C=C/CC/C=C/CCCCCCCCCCCCCCCCCC. The minimum atomic E-state index is -1.59. The van der Waals surface area contributed by atoms with Crippen LogP contribution in [0, 0.1) is 0 Å². The molecular weight excluding hydrogens is 899 g/mol. The van der Waals surface area contributed by atoms with Crippen LogP contribution in [0.15, 0.2) is 109 Å². The molecule has 6 N–H and O–H groups in total. The minimum Gasteiger partial charge on any atom is -0.394 e. The number of allylic oxidation sites excluding steroid dienone is 17. The van der Waals surface area contributed by atoms with Crippen molar-refractivity contribution in [1.29, 1.82) is 0 Å². The lowest BCUT2D eigenvalue weighted by Crippen LogP contribution is -2.60. The molecule has 7 unspecified atom stereocenters. The van der Waals surface area contributed by atoms with Gasteiger partial charge in [-0.05, 0) is 96.3 Å². The van der Waals surface area contributed by atoms with Crippen molar-refractivity contribution in [2.45, 2.75) is 269 Å². The maximum Gasteiger partial charge on any atom is 0.220 e. The van der Waals surface area contributed by atoms with Crippen molar-refractivity contribution in [1.82, 2.24) is 5.32 Å². The number of hydrogen-bond donors (Lipinski definition) is 6. The molecule has 0 radical (unpaired) electrons. The first kappa shape index (κ1) is 66.9. The molecule has 1 heterocycles. The second-order valence-corrected chi connectivity index (χ2v) is 19.7. The number of amides is 1. The molecule has 0 bridgehead atoms. The van der Waals surface area contributed by atoms with Gasteiger partial charge in [0.25, 0.3) is 0 Å². The number of aliphatic hydroxyl groups excluding tert-OH is 5. The first-order valence-corrected chi connectivity index (χ1v) is 29.1. The van der Waals surface area contributed by atoms with E-state index in [0.717, 1.165) is 96.3 Å². The number of carbonyl (C=O) groups is 1. The molecule has 72 heavy (non-hydrogen) atoms. The molecule has 412 valence electrons. The molecule has 0 saturated carbocycles. The van der Waals surface area contributed by atoms with Crippen molar-refractivity contribution < 1.29 is 39.8 Å². The Hall–Kier alpha value is -3.15. The van der Waals surface area contributed by atoms with Gasteiger partial charge in [-0.1, -0.05) is 232 Å². The summed E-state index contributed by atoms with van der Waals surface area (Å²) in [6.07, 6.45) is 68.7. The zero-order valence-corrected chi connectivity index (χ0v) is 45.6. The summed E-state index contributed by atoms with van der Waals surface area (Å²) in [4.78, 5) is 13.0. The summed E-state index contributed by atoms with van der Waals surface area (Å²) in [6.45, 7) is 3.63. The second-order valence-electron chi connectivity index (χ2n) is 19.7. The maximum atomic E-state index is 13.0. The Morgan fingerprint density at radius 2 is 0.875 bits per heavy atom. The van der Waals surface area contributed by atoms with Crippen LogP contribution in [0.2, 0.25) is 0 Å². The van der Waals surface area contributed by atoms with E-state index in [2.05, 4.69) is 116 Å². The van der Waals surface area contributed by atoms with Gasteiger partial charge in [0.05, 0.1) is 25.4 Å². The summed E-state index contributed by atoms with van der Waals surface area (Å²) >= 11 is 0. The van der Waals surface area contributed by atoms with Gasteiger partial charge in [0.1, 0.15) is 24.4 Å². The minimum absolute atomic E-state index is 0.219. The predicted octanol–water partition coefficient (Wildman–Crippen LogP) is 14.6. The van der Waals surface area contributed by atoms with E-state index < -0.39 is 49.5 Å². The van der Waals surface area contributed by atoms with Crippen LogP contribution in [0.3, 0.4) is 0 Å². The smallest absolute Gasteiger partial charge is 0.220 e. The van der Waals surface area contributed by atoms with E-state index in [0.29, 0.717) is 12.8 Å². The van der Waals surface area contributed by atoms with Gasteiger partial charge in [-0.2, -0.15) is 0 Å². The van der Waals surface area contributed by atoms with E-state index >= 15 is 0 Å². The first-order chi connectivity index (χ1) is 35.3. The summed E-state index contributed by atoms with van der Waals surface area (Å²) in [5.74, 6) is -0.219. The molecule has 1 aliphatic rings. The highest BCUT2D eigenvalue weighted by molar-refractivity contribution is 5.76. The Morgan fingerprint density at radius 1 is 0.486 bits per heavy atom. The van der Waals surface area contributed by atoms with Crippen LogP contribution in [0.25, 0.3) is 0 Å². The fourth-order valence-corrected chi connectivity index (χ4v) is 8.49. The molecule has 9 heteroatoms. The molecule has 1 rings (SSSR count). The Balaban J connectivity index is 2.31. The number of aliphatic hydroxyl groups is 5.